The van der Waals surface area contributed by atoms with Gasteiger partial charge in [-0.2, -0.15) is 5.10 Å². The molecule has 39 heavy (non-hydrogen) atoms. The monoisotopic (exact) mass is 531 g/mol. The lowest BCUT2D eigenvalue weighted by Crippen LogP contribution is -2.21. The Morgan fingerprint density at radius 2 is 1.41 bits per heavy atom. The second-order valence-corrected chi connectivity index (χ2v) is 11.2. The number of nitrogens with one attached hydrogen (secondary N) is 2. The third-order valence-corrected chi connectivity index (χ3v) is 6.19. The zero-order valence-corrected chi connectivity index (χ0v) is 23.8. The summed E-state index contributed by atoms with van der Waals surface area (Å²) >= 11 is 0. The molecule has 0 heterocycles. The van der Waals surface area contributed by atoms with E-state index in [0.29, 0.717) is 22.7 Å². The van der Waals surface area contributed by atoms with Crippen molar-refractivity contribution in [3.05, 3.63) is 82.4 Å². The van der Waals surface area contributed by atoms with E-state index in [4.69, 9.17) is 9.47 Å². The molecule has 206 valence electrons. The number of nitrogens with zero attached hydrogens (tertiary/aromatic N) is 1. The number of phenols is 1. The number of ether oxygens (including phenoxy) is 2. The summed E-state index contributed by atoms with van der Waals surface area (Å²) in [7, 11) is 3.01. The molecule has 0 aromatic heterocycles. The van der Waals surface area contributed by atoms with Gasteiger partial charge < -0.3 is 19.9 Å². The maximum atomic E-state index is 13.0. The highest BCUT2D eigenvalue weighted by Gasteiger charge is 2.26. The third-order valence-electron chi connectivity index (χ3n) is 6.19. The first kappa shape index (κ1) is 29.2. The molecule has 3 aromatic rings. The number of hydrogen-bond acceptors (Lipinski definition) is 6. The number of hydrazone groups is 1. The van der Waals surface area contributed by atoms with Crippen LogP contribution in [0.1, 0.15) is 78.9 Å². The Labute approximate surface area is 230 Å². The molecule has 0 fully saturated rings. The minimum Gasteiger partial charge on any atom is -0.507 e. The largest absolute Gasteiger partial charge is 0.507 e. The summed E-state index contributed by atoms with van der Waals surface area (Å²) in [4.78, 5) is 25.9. The summed E-state index contributed by atoms with van der Waals surface area (Å²) in [6, 6.07) is 15.2. The fourth-order valence-electron chi connectivity index (χ4n) is 4.06. The molecule has 3 N–H and O–H groups in total. The van der Waals surface area contributed by atoms with Crippen LogP contribution in [0.15, 0.2) is 59.7 Å². The molecule has 0 aliphatic heterocycles. The molecule has 2 amide bonds. The van der Waals surface area contributed by atoms with Gasteiger partial charge >= 0.3 is 0 Å². The van der Waals surface area contributed by atoms with E-state index >= 15 is 0 Å². The quantitative estimate of drug-likeness (QED) is 0.255. The number of amides is 2. The van der Waals surface area contributed by atoms with Gasteiger partial charge in [0.2, 0.25) is 0 Å². The third kappa shape index (κ3) is 6.96. The van der Waals surface area contributed by atoms with Gasteiger partial charge in [-0.15, -0.1) is 0 Å². The van der Waals surface area contributed by atoms with E-state index in [9.17, 15) is 14.7 Å². The van der Waals surface area contributed by atoms with Crippen LogP contribution in [-0.2, 0) is 10.8 Å². The number of anilines is 1. The number of para-hydroxylation sites is 1. The van der Waals surface area contributed by atoms with E-state index in [1.807, 2.05) is 53.7 Å². The van der Waals surface area contributed by atoms with Crippen molar-refractivity contribution in [2.75, 3.05) is 19.5 Å². The fourth-order valence-corrected chi connectivity index (χ4v) is 4.06. The molecule has 3 aromatic carbocycles. The number of carbonyl (C=O) groups excluding carboxylic acids is 2. The second kappa shape index (κ2) is 11.6. The summed E-state index contributed by atoms with van der Waals surface area (Å²) in [5, 5.41) is 17.9. The molecule has 0 unspecified atom stereocenters. The van der Waals surface area contributed by atoms with Crippen molar-refractivity contribution >= 4 is 23.7 Å². The summed E-state index contributed by atoms with van der Waals surface area (Å²) in [5.41, 5.74) is 5.24. The van der Waals surface area contributed by atoms with Crippen LogP contribution in [0.3, 0.4) is 0 Å². The molecule has 0 saturated heterocycles. The molecule has 0 aliphatic carbocycles. The maximum Gasteiger partial charge on any atom is 0.273 e. The minimum absolute atomic E-state index is 0.250. The zero-order chi connectivity index (χ0) is 29.0. The highest BCUT2D eigenvalue weighted by atomic mass is 16.5. The van der Waals surface area contributed by atoms with Crippen LogP contribution in [0.5, 0.6) is 17.2 Å². The molecule has 0 spiro atoms. The summed E-state index contributed by atoms with van der Waals surface area (Å²) in [5.74, 6) is 0.303. The van der Waals surface area contributed by atoms with Gasteiger partial charge in [0.15, 0.2) is 11.5 Å². The Balaban J connectivity index is 1.82. The highest BCUT2D eigenvalue weighted by Crippen LogP contribution is 2.39. The Morgan fingerprint density at radius 1 is 0.821 bits per heavy atom. The van der Waals surface area contributed by atoms with Crippen LogP contribution < -0.4 is 20.2 Å². The number of benzene rings is 3. The van der Waals surface area contributed by atoms with Gasteiger partial charge in [-0.25, -0.2) is 5.43 Å². The molecule has 0 radical (unpaired) electrons. The lowest BCUT2D eigenvalue weighted by atomic mass is 9.78. The van der Waals surface area contributed by atoms with E-state index in [1.165, 1.54) is 14.2 Å². The molecule has 0 saturated carbocycles. The van der Waals surface area contributed by atoms with Gasteiger partial charge in [-0.05, 0) is 58.9 Å². The number of phenolic OH excluding ortho intramolecular Hbond substituents is 1. The average Bonchev–Trinajstić information content (AvgIpc) is 2.87. The van der Waals surface area contributed by atoms with Crippen LogP contribution in [0, 0.1) is 0 Å². The van der Waals surface area contributed by atoms with Gasteiger partial charge in [0.05, 0.1) is 31.7 Å². The van der Waals surface area contributed by atoms with Crippen LogP contribution in [0.4, 0.5) is 5.69 Å². The first-order valence-corrected chi connectivity index (χ1v) is 12.6. The summed E-state index contributed by atoms with van der Waals surface area (Å²) < 4.78 is 10.5. The molecule has 8 heteroatoms. The van der Waals surface area contributed by atoms with Crippen molar-refractivity contribution in [2.24, 2.45) is 5.10 Å². The van der Waals surface area contributed by atoms with E-state index in [1.54, 1.807) is 48.7 Å². The first-order chi connectivity index (χ1) is 18.3. The Kier molecular flexibility index (Phi) is 8.69. The van der Waals surface area contributed by atoms with E-state index < -0.39 is 11.8 Å². The molecular formula is C31H37N3O5. The van der Waals surface area contributed by atoms with Crippen molar-refractivity contribution in [3.8, 4) is 17.2 Å². The molecular weight excluding hydrogens is 494 g/mol. The van der Waals surface area contributed by atoms with E-state index in [2.05, 4.69) is 15.8 Å². The topological polar surface area (TPSA) is 109 Å². The SMILES string of the molecule is COc1ccc(C(=O)Nc2ccccc2C(=O)NN=Cc2cc(C(C)(C)C)c(O)c(C(C)(C)C)c2)cc1OC. The molecule has 0 bridgehead atoms. The Morgan fingerprint density at radius 3 is 1.97 bits per heavy atom. The highest BCUT2D eigenvalue weighted by molar-refractivity contribution is 6.09. The lowest BCUT2D eigenvalue weighted by Gasteiger charge is -2.27. The number of hydrogen-bond donors (Lipinski definition) is 3. The van der Waals surface area contributed by atoms with Crippen LogP contribution in [-0.4, -0.2) is 37.4 Å². The number of methoxy groups -OCH3 is 2. The Bertz CT molecular complexity index is 1360. The molecule has 0 aliphatic rings. The second-order valence-electron chi connectivity index (χ2n) is 11.2. The molecule has 0 atom stereocenters. The van der Waals surface area contributed by atoms with Gasteiger partial charge in [0.25, 0.3) is 11.8 Å². The van der Waals surface area contributed by atoms with Crippen molar-refractivity contribution in [1.29, 1.82) is 0 Å². The average molecular weight is 532 g/mol. The Hall–Kier alpha value is -4.33. The van der Waals surface area contributed by atoms with Crippen molar-refractivity contribution in [1.82, 2.24) is 5.43 Å². The normalized spacial score (nSPS) is 11.8. The smallest absolute Gasteiger partial charge is 0.273 e. The lowest BCUT2D eigenvalue weighted by molar-refractivity contribution is 0.0956. The predicted octanol–water partition coefficient (Wildman–Crippen LogP) is 6.02. The van der Waals surface area contributed by atoms with Crippen LogP contribution >= 0.6 is 0 Å². The number of rotatable bonds is 7. The van der Waals surface area contributed by atoms with Crippen molar-refractivity contribution < 1.29 is 24.2 Å². The maximum absolute atomic E-state index is 13.0. The summed E-state index contributed by atoms with van der Waals surface area (Å²) in [6.45, 7) is 12.2. The van der Waals surface area contributed by atoms with Crippen molar-refractivity contribution in [3.63, 3.8) is 0 Å². The van der Waals surface area contributed by atoms with Crippen molar-refractivity contribution in [2.45, 2.75) is 52.4 Å². The van der Waals surface area contributed by atoms with Gasteiger partial charge in [0.1, 0.15) is 5.75 Å². The number of aromatic hydroxyl groups is 1. The molecule has 8 nitrogen and oxygen atoms in total. The number of carbonyl (C=O) groups is 2. The van der Waals surface area contributed by atoms with Crippen LogP contribution in [0.25, 0.3) is 0 Å². The minimum atomic E-state index is -0.486. The van der Waals surface area contributed by atoms with Gasteiger partial charge in [0, 0.05) is 16.7 Å². The molecule has 3 rings (SSSR count). The predicted molar refractivity (Wildman–Crippen MR) is 155 cm³/mol. The summed E-state index contributed by atoms with van der Waals surface area (Å²) in [6.07, 6.45) is 1.55. The van der Waals surface area contributed by atoms with Crippen LogP contribution in [0.2, 0.25) is 0 Å². The first-order valence-electron chi connectivity index (χ1n) is 12.6. The van der Waals surface area contributed by atoms with E-state index in [-0.39, 0.29) is 22.1 Å². The standard InChI is InChI=1S/C31H37N3O5/c1-30(2,3)22-15-19(16-23(27(22)35)31(4,5)6)18-32-34-29(37)21-11-9-10-12-24(21)33-28(36)20-13-14-25(38-7)26(17-20)39-8/h9-18,35H,1-8H3,(H,33,36)(H,34,37). The zero-order valence-electron chi connectivity index (χ0n) is 23.8. The van der Waals surface area contributed by atoms with Gasteiger partial charge in [-0.1, -0.05) is 53.7 Å². The fraction of sp³-hybridized carbons (Fsp3) is 0.323. The van der Waals surface area contributed by atoms with Gasteiger partial charge in [-0.3, -0.25) is 9.59 Å². The van der Waals surface area contributed by atoms with E-state index in [0.717, 1.165) is 16.7 Å².